The Kier molecular flexibility index (Phi) is 6.49. The number of likely N-dealkylation sites (tertiary alicyclic amines) is 1. The Morgan fingerprint density at radius 3 is 2.24 bits per heavy atom. The van der Waals surface area contributed by atoms with Gasteiger partial charge in [0.2, 0.25) is 5.91 Å². The number of carboxylic acid groups (broad SMARTS) is 1. The second kappa shape index (κ2) is 9.48. The number of rotatable bonds is 7. The van der Waals surface area contributed by atoms with Gasteiger partial charge in [-0.3, -0.25) is 9.59 Å². The first kappa shape index (κ1) is 22.6. The van der Waals surface area contributed by atoms with E-state index in [0.29, 0.717) is 18.7 Å². The quantitative estimate of drug-likeness (QED) is 0.631. The number of fused-ring (bicyclic) bond motifs is 3. The highest BCUT2D eigenvalue weighted by Gasteiger charge is 2.37. The van der Waals surface area contributed by atoms with Crippen LogP contribution in [0.4, 0.5) is 4.79 Å². The predicted octanol–water partition coefficient (Wildman–Crippen LogP) is 3.65. The monoisotopic (exact) mass is 448 g/mol. The first-order valence-electron chi connectivity index (χ1n) is 11.1. The Morgan fingerprint density at radius 1 is 1.09 bits per heavy atom. The van der Waals surface area contributed by atoms with Crippen molar-refractivity contribution in [2.24, 2.45) is 11.8 Å². The molecule has 1 unspecified atom stereocenters. The summed E-state index contributed by atoms with van der Waals surface area (Å²) in [6.45, 7) is 4.65. The summed E-state index contributed by atoms with van der Waals surface area (Å²) in [7, 11) is 0. The second-order valence-electron chi connectivity index (χ2n) is 8.69. The molecule has 2 amide bonds. The Bertz CT molecular complexity index is 1060. The molecule has 0 saturated carbocycles. The topological polar surface area (TPSA) is 95.9 Å². The molecule has 0 bridgehead atoms. The summed E-state index contributed by atoms with van der Waals surface area (Å²) >= 11 is 0. The van der Waals surface area contributed by atoms with Crippen LogP contribution in [0.25, 0.3) is 11.1 Å². The molecule has 7 nitrogen and oxygen atoms in total. The standard InChI is InChI=1S/C26H28N2O5/c1-16(24(29)28-13-18(14-28)17(2)25(30)31)11-12-27-26(32)33-15-23-21-9-5-3-7-19(21)20-8-4-6-10-22(20)23/h3-11,17-18,23H,12-15H2,1-2H3,(H,27,32)(H,30,31)/b16-11+. The lowest BCUT2D eigenvalue weighted by atomic mass is 9.86. The molecule has 1 saturated heterocycles. The van der Waals surface area contributed by atoms with Gasteiger partial charge >= 0.3 is 12.1 Å². The number of benzene rings is 2. The second-order valence-corrected chi connectivity index (χ2v) is 8.69. The summed E-state index contributed by atoms with van der Waals surface area (Å²) in [5.74, 6) is -1.47. The number of carbonyl (C=O) groups excluding carboxylic acids is 2. The van der Waals surface area contributed by atoms with E-state index in [4.69, 9.17) is 9.84 Å². The predicted molar refractivity (Wildman–Crippen MR) is 124 cm³/mol. The molecule has 0 aromatic heterocycles. The molecule has 1 aliphatic carbocycles. The Morgan fingerprint density at radius 2 is 1.67 bits per heavy atom. The van der Waals surface area contributed by atoms with Gasteiger partial charge in [-0.15, -0.1) is 0 Å². The number of amides is 2. The van der Waals surface area contributed by atoms with E-state index in [-0.39, 0.29) is 30.9 Å². The van der Waals surface area contributed by atoms with Crippen LogP contribution in [-0.2, 0) is 14.3 Å². The third-order valence-electron chi connectivity index (χ3n) is 6.63. The summed E-state index contributed by atoms with van der Waals surface area (Å²) in [4.78, 5) is 37.4. The molecular weight excluding hydrogens is 420 g/mol. The molecule has 4 rings (SSSR count). The van der Waals surface area contributed by atoms with Crippen molar-refractivity contribution in [1.29, 1.82) is 0 Å². The van der Waals surface area contributed by atoms with Gasteiger partial charge in [0.15, 0.2) is 0 Å². The fourth-order valence-electron chi connectivity index (χ4n) is 4.47. The minimum atomic E-state index is -0.841. The Balaban J connectivity index is 1.25. The fourth-order valence-corrected chi connectivity index (χ4v) is 4.47. The average molecular weight is 449 g/mol. The van der Waals surface area contributed by atoms with Crippen LogP contribution in [0.3, 0.4) is 0 Å². The van der Waals surface area contributed by atoms with Crippen molar-refractivity contribution in [2.45, 2.75) is 19.8 Å². The zero-order valence-electron chi connectivity index (χ0n) is 18.8. The van der Waals surface area contributed by atoms with Gasteiger partial charge in [-0.05, 0) is 29.2 Å². The van der Waals surface area contributed by atoms with Gasteiger partial charge in [0.05, 0.1) is 5.92 Å². The van der Waals surface area contributed by atoms with E-state index >= 15 is 0 Å². The highest BCUT2D eigenvalue weighted by Crippen LogP contribution is 2.44. The molecule has 2 aromatic rings. The number of carboxylic acids is 1. The molecule has 1 heterocycles. The minimum Gasteiger partial charge on any atom is -0.481 e. The first-order chi connectivity index (χ1) is 15.9. The summed E-state index contributed by atoms with van der Waals surface area (Å²) in [6, 6.07) is 16.3. The Hall–Kier alpha value is -3.61. The van der Waals surface area contributed by atoms with Gasteiger partial charge in [0, 0.05) is 37.0 Å². The zero-order valence-corrected chi connectivity index (χ0v) is 18.8. The van der Waals surface area contributed by atoms with E-state index in [1.807, 2.05) is 24.3 Å². The fraction of sp³-hybridized carbons (Fsp3) is 0.346. The molecule has 33 heavy (non-hydrogen) atoms. The molecule has 172 valence electrons. The molecule has 1 fully saturated rings. The maximum Gasteiger partial charge on any atom is 0.407 e. The first-order valence-corrected chi connectivity index (χ1v) is 11.1. The maximum atomic E-state index is 12.4. The summed E-state index contributed by atoms with van der Waals surface area (Å²) in [5.41, 5.74) is 5.15. The van der Waals surface area contributed by atoms with Gasteiger partial charge in [-0.25, -0.2) is 4.79 Å². The summed E-state index contributed by atoms with van der Waals surface area (Å²) < 4.78 is 5.49. The molecule has 1 atom stereocenters. The van der Waals surface area contributed by atoms with Crippen LogP contribution in [0.2, 0.25) is 0 Å². The molecule has 0 radical (unpaired) electrons. The molecule has 2 aromatic carbocycles. The molecule has 7 heteroatoms. The van der Waals surface area contributed by atoms with Gasteiger partial charge in [0.25, 0.3) is 0 Å². The van der Waals surface area contributed by atoms with E-state index in [2.05, 4.69) is 29.6 Å². The van der Waals surface area contributed by atoms with Crippen LogP contribution in [0, 0.1) is 11.8 Å². The third kappa shape index (κ3) is 4.62. The van der Waals surface area contributed by atoms with Crippen LogP contribution in [0.5, 0.6) is 0 Å². The number of hydrogen-bond acceptors (Lipinski definition) is 4. The summed E-state index contributed by atoms with van der Waals surface area (Å²) in [6.07, 6.45) is 1.12. The van der Waals surface area contributed by atoms with Crippen molar-refractivity contribution in [3.05, 3.63) is 71.3 Å². The lowest BCUT2D eigenvalue weighted by Gasteiger charge is -2.41. The van der Waals surface area contributed by atoms with Crippen molar-refractivity contribution in [2.75, 3.05) is 26.2 Å². The van der Waals surface area contributed by atoms with Crippen molar-refractivity contribution < 1.29 is 24.2 Å². The lowest BCUT2D eigenvalue weighted by Crippen LogP contribution is -2.53. The number of ether oxygens (including phenoxy) is 1. The van der Waals surface area contributed by atoms with Gasteiger partial charge in [-0.1, -0.05) is 61.5 Å². The van der Waals surface area contributed by atoms with Crippen LogP contribution >= 0.6 is 0 Å². The number of nitrogens with zero attached hydrogens (tertiary/aromatic N) is 1. The van der Waals surface area contributed by atoms with E-state index in [1.165, 1.54) is 11.1 Å². The average Bonchev–Trinajstić information content (AvgIpc) is 3.10. The van der Waals surface area contributed by atoms with E-state index < -0.39 is 18.0 Å². The number of carbonyl (C=O) groups is 3. The zero-order chi connectivity index (χ0) is 23.5. The van der Waals surface area contributed by atoms with Gasteiger partial charge < -0.3 is 20.1 Å². The molecule has 1 aliphatic heterocycles. The van der Waals surface area contributed by atoms with Crippen molar-refractivity contribution in [3.63, 3.8) is 0 Å². The van der Waals surface area contributed by atoms with E-state index in [0.717, 1.165) is 11.1 Å². The number of alkyl carbamates (subject to hydrolysis) is 1. The molecular formula is C26H28N2O5. The van der Waals surface area contributed by atoms with Crippen LogP contribution in [0.1, 0.15) is 30.9 Å². The van der Waals surface area contributed by atoms with Gasteiger partial charge in [0.1, 0.15) is 6.61 Å². The largest absolute Gasteiger partial charge is 0.481 e. The van der Waals surface area contributed by atoms with Crippen molar-refractivity contribution in [1.82, 2.24) is 10.2 Å². The maximum absolute atomic E-state index is 12.4. The number of aliphatic carboxylic acids is 1. The van der Waals surface area contributed by atoms with Crippen molar-refractivity contribution >= 4 is 18.0 Å². The van der Waals surface area contributed by atoms with E-state index in [9.17, 15) is 14.4 Å². The third-order valence-corrected chi connectivity index (χ3v) is 6.63. The van der Waals surface area contributed by atoms with E-state index in [1.54, 1.807) is 24.8 Å². The molecule has 2 N–H and O–H groups in total. The number of nitrogens with one attached hydrogen (secondary N) is 1. The van der Waals surface area contributed by atoms with Gasteiger partial charge in [-0.2, -0.15) is 0 Å². The SMILES string of the molecule is C/C(=C\CNC(=O)OCC1c2ccccc2-c2ccccc21)C(=O)N1CC(C(C)C(=O)O)C1. The van der Waals surface area contributed by atoms with Crippen LogP contribution in [0.15, 0.2) is 60.2 Å². The van der Waals surface area contributed by atoms with Crippen molar-refractivity contribution in [3.8, 4) is 11.1 Å². The minimum absolute atomic E-state index is 0.00503. The molecule has 2 aliphatic rings. The normalized spacial score (nSPS) is 16.4. The highest BCUT2D eigenvalue weighted by molar-refractivity contribution is 5.93. The summed E-state index contributed by atoms with van der Waals surface area (Å²) in [5, 5.41) is 11.7. The number of hydrogen-bond donors (Lipinski definition) is 2. The highest BCUT2D eigenvalue weighted by atomic mass is 16.5. The van der Waals surface area contributed by atoms with Crippen LogP contribution in [-0.4, -0.2) is 54.2 Å². The smallest absolute Gasteiger partial charge is 0.407 e. The Labute approximate surface area is 193 Å². The lowest BCUT2D eigenvalue weighted by molar-refractivity contribution is -0.149. The van der Waals surface area contributed by atoms with Crippen LogP contribution < -0.4 is 5.32 Å². The molecule has 0 spiro atoms.